The van der Waals surface area contributed by atoms with Crippen molar-refractivity contribution < 1.29 is 14.3 Å². The van der Waals surface area contributed by atoms with E-state index >= 15 is 0 Å². The van der Waals surface area contributed by atoms with E-state index < -0.39 is 0 Å². The zero-order chi connectivity index (χ0) is 18.6. The van der Waals surface area contributed by atoms with Crippen LogP contribution in [-0.4, -0.2) is 47.6 Å². The number of morpholine rings is 1. The van der Waals surface area contributed by atoms with Crippen LogP contribution in [0.15, 0.2) is 48.7 Å². The summed E-state index contributed by atoms with van der Waals surface area (Å²) in [4.78, 5) is 19.8. The lowest BCUT2D eigenvalue weighted by atomic mass is 9.80. The van der Waals surface area contributed by atoms with Gasteiger partial charge in [-0.3, -0.25) is 9.69 Å². The van der Waals surface area contributed by atoms with Crippen molar-refractivity contribution in [2.24, 2.45) is 5.92 Å². The average molecular weight is 366 g/mol. The second-order valence-corrected chi connectivity index (χ2v) is 7.35. The van der Waals surface area contributed by atoms with Crippen LogP contribution < -0.4 is 4.74 Å². The molecule has 27 heavy (non-hydrogen) atoms. The SMILES string of the molecule is CCOc1ccc(C(=O)C2CC3COCC(C2)N3Cc2ccccc2)cn1. The minimum atomic E-state index is 0.0377. The number of carbonyl (C=O) groups excluding carboxylic acids is 1. The van der Waals surface area contributed by atoms with Crippen molar-refractivity contribution in [3.63, 3.8) is 0 Å². The smallest absolute Gasteiger partial charge is 0.213 e. The molecule has 142 valence electrons. The van der Waals surface area contributed by atoms with Crippen molar-refractivity contribution in [1.82, 2.24) is 9.88 Å². The number of ketones is 1. The largest absolute Gasteiger partial charge is 0.478 e. The molecule has 5 heteroatoms. The number of piperidine rings is 1. The van der Waals surface area contributed by atoms with Crippen molar-refractivity contribution in [3.8, 4) is 5.88 Å². The Hall–Kier alpha value is -2.24. The zero-order valence-electron chi connectivity index (χ0n) is 15.7. The summed E-state index contributed by atoms with van der Waals surface area (Å²) in [7, 11) is 0. The van der Waals surface area contributed by atoms with Gasteiger partial charge in [0.2, 0.25) is 5.88 Å². The van der Waals surface area contributed by atoms with Crippen LogP contribution in [0.3, 0.4) is 0 Å². The number of rotatable bonds is 6. The van der Waals surface area contributed by atoms with Crippen LogP contribution in [0, 0.1) is 5.92 Å². The Bertz CT molecular complexity index is 749. The second kappa shape index (κ2) is 8.19. The quantitative estimate of drug-likeness (QED) is 0.734. The van der Waals surface area contributed by atoms with E-state index in [4.69, 9.17) is 9.47 Å². The zero-order valence-corrected chi connectivity index (χ0v) is 15.7. The molecule has 2 saturated heterocycles. The molecule has 2 unspecified atom stereocenters. The molecule has 0 N–H and O–H groups in total. The van der Waals surface area contributed by atoms with Gasteiger partial charge in [0.15, 0.2) is 5.78 Å². The van der Waals surface area contributed by atoms with Crippen LogP contribution in [0.5, 0.6) is 5.88 Å². The van der Waals surface area contributed by atoms with E-state index in [-0.39, 0.29) is 11.7 Å². The second-order valence-electron chi connectivity index (χ2n) is 7.35. The molecule has 4 rings (SSSR count). The summed E-state index contributed by atoms with van der Waals surface area (Å²) < 4.78 is 11.2. The van der Waals surface area contributed by atoms with Crippen molar-refractivity contribution in [2.75, 3.05) is 19.8 Å². The lowest BCUT2D eigenvalue weighted by Crippen LogP contribution is -2.57. The van der Waals surface area contributed by atoms with Gasteiger partial charge in [0.05, 0.1) is 19.8 Å². The number of carbonyl (C=O) groups is 1. The van der Waals surface area contributed by atoms with Gasteiger partial charge in [-0.25, -0.2) is 4.98 Å². The maximum absolute atomic E-state index is 13.0. The van der Waals surface area contributed by atoms with Crippen LogP contribution in [0.1, 0.15) is 35.7 Å². The molecule has 0 amide bonds. The Morgan fingerprint density at radius 1 is 1.15 bits per heavy atom. The van der Waals surface area contributed by atoms with Gasteiger partial charge in [-0.2, -0.15) is 0 Å². The topological polar surface area (TPSA) is 51.7 Å². The Morgan fingerprint density at radius 3 is 2.52 bits per heavy atom. The highest BCUT2D eigenvalue weighted by molar-refractivity contribution is 5.97. The van der Waals surface area contributed by atoms with Gasteiger partial charge < -0.3 is 9.47 Å². The van der Waals surface area contributed by atoms with Crippen molar-refractivity contribution in [1.29, 1.82) is 0 Å². The van der Waals surface area contributed by atoms with Crippen molar-refractivity contribution >= 4 is 5.78 Å². The normalized spacial score (nSPS) is 25.1. The lowest BCUT2D eigenvalue weighted by molar-refractivity contribution is -0.0872. The molecule has 0 aliphatic carbocycles. The fourth-order valence-corrected chi connectivity index (χ4v) is 4.25. The third-order valence-corrected chi connectivity index (χ3v) is 5.56. The first-order chi connectivity index (χ1) is 13.2. The minimum Gasteiger partial charge on any atom is -0.478 e. The van der Waals surface area contributed by atoms with Crippen LogP contribution in [0.4, 0.5) is 0 Å². The summed E-state index contributed by atoms with van der Waals surface area (Å²) in [5.41, 5.74) is 1.99. The van der Waals surface area contributed by atoms with Gasteiger partial charge in [-0.15, -0.1) is 0 Å². The fourth-order valence-electron chi connectivity index (χ4n) is 4.25. The number of hydrogen-bond donors (Lipinski definition) is 0. The first kappa shape index (κ1) is 18.1. The highest BCUT2D eigenvalue weighted by Crippen LogP contribution is 2.34. The molecule has 1 aromatic carbocycles. The summed E-state index contributed by atoms with van der Waals surface area (Å²) in [6.45, 7) is 4.82. The summed E-state index contributed by atoms with van der Waals surface area (Å²) in [5, 5.41) is 0. The monoisotopic (exact) mass is 366 g/mol. The van der Waals surface area contributed by atoms with Crippen LogP contribution >= 0.6 is 0 Å². The van der Waals surface area contributed by atoms with E-state index in [9.17, 15) is 4.79 Å². The molecule has 1 aromatic heterocycles. The van der Waals surface area contributed by atoms with E-state index in [1.165, 1.54) is 5.56 Å². The third-order valence-electron chi connectivity index (χ3n) is 5.56. The Kier molecular flexibility index (Phi) is 5.50. The Balaban J connectivity index is 1.45. The lowest BCUT2D eigenvalue weighted by Gasteiger charge is -2.48. The molecule has 2 aromatic rings. The Labute approximate surface area is 160 Å². The number of Topliss-reactive ketones (excluding diaryl/α,β-unsaturated/α-hetero) is 1. The van der Waals surface area contributed by atoms with Gasteiger partial charge in [-0.1, -0.05) is 30.3 Å². The molecule has 2 aliphatic rings. The molecule has 0 spiro atoms. The molecule has 2 atom stereocenters. The van der Waals surface area contributed by atoms with Gasteiger partial charge in [-0.05, 0) is 31.4 Å². The van der Waals surface area contributed by atoms with E-state index in [0.717, 1.165) is 19.4 Å². The van der Waals surface area contributed by atoms with Gasteiger partial charge in [0.1, 0.15) is 0 Å². The summed E-state index contributed by atoms with van der Waals surface area (Å²) in [6.07, 6.45) is 3.33. The van der Waals surface area contributed by atoms with E-state index in [0.29, 0.717) is 43.3 Å². The predicted molar refractivity (Wildman–Crippen MR) is 103 cm³/mol. The summed E-state index contributed by atoms with van der Waals surface area (Å²) in [6, 6.07) is 14.7. The van der Waals surface area contributed by atoms with Gasteiger partial charge in [0.25, 0.3) is 0 Å². The number of aromatic nitrogens is 1. The standard InChI is InChI=1S/C22H26N2O3/c1-2-27-21-9-8-17(12-23-21)22(25)18-10-19-14-26-15-20(11-18)24(19)13-16-6-4-3-5-7-16/h3-9,12,18-20H,2,10-11,13-15H2,1H3. The number of ether oxygens (including phenoxy) is 2. The highest BCUT2D eigenvalue weighted by atomic mass is 16.5. The van der Waals surface area contributed by atoms with Crippen LogP contribution in [-0.2, 0) is 11.3 Å². The van der Waals surface area contributed by atoms with Gasteiger partial charge in [0, 0.05) is 42.4 Å². The maximum atomic E-state index is 13.0. The molecule has 0 radical (unpaired) electrons. The molecule has 3 heterocycles. The molecule has 2 aliphatic heterocycles. The average Bonchev–Trinajstić information content (AvgIpc) is 2.69. The number of benzene rings is 1. The van der Waals surface area contributed by atoms with E-state index in [1.54, 1.807) is 12.3 Å². The number of hydrogen-bond acceptors (Lipinski definition) is 5. The molecular weight excluding hydrogens is 340 g/mol. The molecular formula is C22H26N2O3. The fraction of sp³-hybridized carbons (Fsp3) is 0.455. The maximum Gasteiger partial charge on any atom is 0.213 e. The van der Waals surface area contributed by atoms with E-state index in [2.05, 4.69) is 34.1 Å². The van der Waals surface area contributed by atoms with Crippen molar-refractivity contribution in [3.05, 3.63) is 59.8 Å². The Morgan fingerprint density at radius 2 is 1.89 bits per heavy atom. The van der Waals surface area contributed by atoms with Gasteiger partial charge >= 0.3 is 0 Å². The summed E-state index contributed by atoms with van der Waals surface area (Å²) in [5.74, 6) is 0.800. The molecule has 2 fully saturated rings. The van der Waals surface area contributed by atoms with Crippen molar-refractivity contribution in [2.45, 2.75) is 38.4 Å². The summed E-state index contributed by atoms with van der Waals surface area (Å²) >= 11 is 0. The first-order valence-corrected chi connectivity index (χ1v) is 9.75. The van der Waals surface area contributed by atoms with E-state index in [1.807, 2.05) is 19.1 Å². The predicted octanol–water partition coefficient (Wildman–Crippen LogP) is 3.34. The van der Waals surface area contributed by atoms with Crippen LogP contribution in [0.25, 0.3) is 0 Å². The number of nitrogens with zero attached hydrogens (tertiary/aromatic N) is 2. The third kappa shape index (κ3) is 4.04. The molecule has 2 bridgehead atoms. The highest BCUT2D eigenvalue weighted by Gasteiger charge is 2.41. The number of fused-ring (bicyclic) bond motifs is 2. The molecule has 0 saturated carbocycles. The first-order valence-electron chi connectivity index (χ1n) is 9.75. The van der Waals surface area contributed by atoms with Crippen LogP contribution in [0.2, 0.25) is 0 Å². The molecule has 5 nitrogen and oxygen atoms in total. The number of pyridine rings is 1. The minimum absolute atomic E-state index is 0.0377.